The average molecular weight is 358 g/mol. The van der Waals surface area contributed by atoms with Crippen LogP contribution < -0.4 is 16.4 Å². The molecular weight excluding hydrogens is 336 g/mol. The molecule has 138 valence electrons. The summed E-state index contributed by atoms with van der Waals surface area (Å²) >= 11 is 0. The molecule has 8 nitrogen and oxygen atoms in total. The largest absolute Gasteiger partial charge is 0.328 e. The van der Waals surface area contributed by atoms with Gasteiger partial charge in [-0.2, -0.15) is 0 Å². The molecule has 4 N–H and O–H groups in total. The fourth-order valence-electron chi connectivity index (χ4n) is 3.29. The Morgan fingerprint density at radius 2 is 2.04 bits per heavy atom. The summed E-state index contributed by atoms with van der Waals surface area (Å²) in [6, 6.07) is 4.24. The van der Waals surface area contributed by atoms with Gasteiger partial charge < -0.3 is 11.1 Å². The molecule has 8 heteroatoms. The molecule has 0 aliphatic carbocycles. The second kappa shape index (κ2) is 7.35. The molecule has 0 radical (unpaired) electrons. The summed E-state index contributed by atoms with van der Waals surface area (Å²) in [5.41, 5.74) is 7.05. The highest BCUT2D eigenvalue weighted by Gasteiger charge is 2.45. The van der Waals surface area contributed by atoms with Crippen LogP contribution in [0.2, 0.25) is 0 Å². The predicted molar refractivity (Wildman–Crippen MR) is 93.1 cm³/mol. The third kappa shape index (κ3) is 3.38. The fraction of sp³-hybridized carbons (Fsp3) is 0.444. The molecule has 3 rings (SSSR count). The molecule has 2 atom stereocenters. The minimum absolute atomic E-state index is 0.0789. The third-order valence-corrected chi connectivity index (χ3v) is 4.65. The van der Waals surface area contributed by atoms with Gasteiger partial charge in [-0.05, 0) is 37.9 Å². The minimum atomic E-state index is -0.945. The zero-order valence-electron chi connectivity index (χ0n) is 14.6. The van der Waals surface area contributed by atoms with Crippen molar-refractivity contribution in [2.24, 2.45) is 5.73 Å². The number of carbonyl (C=O) groups is 4. The van der Waals surface area contributed by atoms with E-state index in [4.69, 9.17) is 5.73 Å². The van der Waals surface area contributed by atoms with Crippen molar-refractivity contribution in [3.63, 3.8) is 0 Å². The van der Waals surface area contributed by atoms with Gasteiger partial charge in [-0.15, -0.1) is 0 Å². The molecule has 1 aromatic rings. The van der Waals surface area contributed by atoms with Crippen molar-refractivity contribution in [3.8, 4) is 0 Å². The van der Waals surface area contributed by atoms with Crippen molar-refractivity contribution >= 4 is 23.6 Å². The van der Waals surface area contributed by atoms with Gasteiger partial charge in [0.05, 0.1) is 11.1 Å². The maximum Gasteiger partial charge on any atom is 0.262 e. The van der Waals surface area contributed by atoms with Crippen LogP contribution in [0.15, 0.2) is 18.2 Å². The van der Waals surface area contributed by atoms with E-state index in [0.717, 1.165) is 11.3 Å². The van der Waals surface area contributed by atoms with E-state index in [-0.39, 0.29) is 24.8 Å². The number of piperidine rings is 1. The molecule has 2 heterocycles. The van der Waals surface area contributed by atoms with Crippen LogP contribution in [-0.2, 0) is 16.1 Å². The number of imide groups is 2. The monoisotopic (exact) mass is 358 g/mol. The van der Waals surface area contributed by atoms with Crippen LogP contribution in [0.4, 0.5) is 0 Å². The first-order chi connectivity index (χ1) is 12.4. The molecule has 4 amide bonds. The quantitative estimate of drug-likeness (QED) is 0.483. The SMILES string of the molecule is C[C@@H](N)CCNCc1cccc2c1C(=O)N(C1CCC(=O)NC1=O)C2=O. The lowest BCUT2D eigenvalue weighted by molar-refractivity contribution is -0.136. The van der Waals surface area contributed by atoms with E-state index in [2.05, 4.69) is 10.6 Å². The second-order valence-electron chi connectivity index (χ2n) is 6.73. The van der Waals surface area contributed by atoms with Crippen molar-refractivity contribution in [3.05, 3.63) is 34.9 Å². The second-order valence-corrected chi connectivity index (χ2v) is 6.73. The number of amides is 4. The molecule has 0 saturated carbocycles. The number of benzene rings is 1. The van der Waals surface area contributed by atoms with Gasteiger partial charge in [0.15, 0.2) is 0 Å². The molecule has 2 aliphatic heterocycles. The summed E-state index contributed by atoms with van der Waals surface area (Å²) in [5, 5.41) is 5.41. The first-order valence-electron chi connectivity index (χ1n) is 8.70. The maximum absolute atomic E-state index is 12.9. The average Bonchev–Trinajstić information content (AvgIpc) is 2.84. The van der Waals surface area contributed by atoms with Gasteiger partial charge >= 0.3 is 0 Å². The van der Waals surface area contributed by atoms with Gasteiger partial charge in [-0.3, -0.25) is 29.4 Å². The smallest absolute Gasteiger partial charge is 0.262 e. The molecular formula is C18H22N4O4. The first kappa shape index (κ1) is 18.2. The van der Waals surface area contributed by atoms with Crippen LogP contribution in [0.1, 0.15) is 52.5 Å². The number of nitrogens with two attached hydrogens (primary N) is 1. The zero-order valence-corrected chi connectivity index (χ0v) is 14.6. The van der Waals surface area contributed by atoms with E-state index >= 15 is 0 Å². The standard InChI is InChI=1S/C18H22N4O4/c1-10(19)7-8-20-9-11-3-2-4-12-15(11)18(26)22(17(12)25)13-5-6-14(23)21-16(13)24/h2-4,10,13,20H,5-9,19H2,1H3,(H,21,23,24)/t10-,13?/m1/s1. The Balaban J connectivity index is 1.80. The third-order valence-electron chi connectivity index (χ3n) is 4.65. The number of nitrogens with zero attached hydrogens (tertiary/aromatic N) is 1. The summed E-state index contributed by atoms with van der Waals surface area (Å²) in [6.45, 7) is 3.04. The normalized spacial score (nSPS) is 21.0. The Kier molecular flexibility index (Phi) is 5.15. The van der Waals surface area contributed by atoms with Crippen molar-refractivity contribution in [1.29, 1.82) is 0 Å². The molecule has 0 bridgehead atoms. The van der Waals surface area contributed by atoms with Gasteiger partial charge in [-0.25, -0.2) is 0 Å². The van der Waals surface area contributed by atoms with Crippen molar-refractivity contribution in [2.45, 2.75) is 44.8 Å². The van der Waals surface area contributed by atoms with Crippen molar-refractivity contribution in [1.82, 2.24) is 15.5 Å². The highest BCUT2D eigenvalue weighted by molar-refractivity contribution is 6.24. The lowest BCUT2D eigenvalue weighted by Gasteiger charge is -2.27. The fourth-order valence-corrected chi connectivity index (χ4v) is 3.29. The van der Waals surface area contributed by atoms with Crippen LogP contribution >= 0.6 is 0 Å². The van der Waals surface area contributed by atoms with Crippen molar-refractivity contribution < 1.29 is 19.2 Å². The van der Waals surface area contributed by atoms with Gasteiger partial charge in [0.1, 0.15) is 6.04 Å². The Morgan fingerprint density at radius 3 is 2.73 bits per heavy atom. The summed E-state index contributed by atoms with van der Waals surface area (Å²) in [5.74, 6) is -1.96. The molecule has 1 saturated heterocycles. The van der Waals surface area contributed by atoms with Gasteiger partial charge in [-0.1, -0.05) is 12.1 Å². The van der Waals surface area contributed by atoms with Crippen LogP contribution in [0.3, 0.4) is 0 Å². The molecule has 1 unspecified atom stereocenters. The first-order valence-corrected chi connectivity index (χ1v) is 8.70. The lowest BCUT2D eigenvalue weighted by atomic mass is 10.0. The van der Waals surface area contributed by atoms with Crippen LogP contribution in [0.5, 0.6) is 0 Å². The highest BCUT2D eigenvalue weighted by atomic mass is 16.2. The van der Waals surface area contributed by atoms with Crippen LogP contribution in [0, 0.1) is 0 Å². The predicted octanol–water partition coefficient (Wildman–Crippen LogP) is -0.0853. The van der Waals surface area contributed by atoms with Crippen LogP contribution in [-0.4, -0.2) is 47.2 Å². The molecule has 1 aromatic carbocycles. The summed E-state index contributed by atoms with van der Waals surface area (Å²) in [7, 11) is 0. The Hall–Kier alpha value is -2.58. The van der Waals surface area contributed by atoms with Crippen molar-refractivity contribution in [2.75, 3.05) is 6.54 Å². The van der Waals surface area contributed by atoms with E-state index in [1.54, 1.807) is 18.2 Å². The van der Waals surface area contributed by atoms with Gasteiger partial charge in [0, 0.05) is 19.0 Å². The number of rotatable bonds is 6. The number of fused-ring (bicyclic) bond motifs is 1. The molecule has 0 spiro atoms. The number of nitrogens with one attached hydrogen (secondary N) is 2. The lowest BCUT2D eigenvalue weighted by Crippen LogP contribution is -2.54. The topological polar surface area (TPSA) is 122 Å². The molecule has 1 fully saturated rings. The summed E-state index contributed by atoms with van der Waals surface area (Å²) in [4.78, 5) is 50.0. The van der Waals surface area contributed by atoms with Gasteiger partial charge in [0.25, 0.3) is 11.8 Å². The highest BCUT2D eigenvalue weighted by Crippen LogP contribution is 2.29. The maximum atomic E-state index is 12.9. The summed E-state index contributed by atoms with van der Waals surface area (Å²) < 4.78 is 0. The van der Waals surface area contributed by atoms with E-state index in [0.29, 0.717) is 29.8 Å². The number of hydrogen-bond acceptors (Lipinski definition) is 6. The zero-order chi connectivity index (χ0) is 18.8. The molecule has 2 aliphatic rings. The van der Waals surface area contributed by atoms with E-state index in [1.807, 2.05) is 6.92 Å². The van der Waals surface area contributed by atoms with Gasteiger partial charge in [0.2, 0.25) is 11.8 Å². The Bertz CT molecular complexity index is 774. The summed E-state index contributed by atoms with van der Waals surface area (Å²) in [6.07, 6.45) is 1.05. The Morgan fingerprint density at radius 1 is 1.27 bits per heavy atom. The van der Waals surface area contributed by atoms with E-state index < -0.39 is 23.8 Å². The van der Waals surface area contributed by atoms with E-state index in [1.165, 1.54) is 0 Å². The minimum Gasteiger partial charge on any atom is -0.328 e. The molecule has 0 aromatic heterocycles. The van der Waals surface area contributed by atoms with Crippen LogP contribution in [0.25, 0.3) is 0 Å². The number of carbonyl (C=O) groups excluding carboxylic acids is 4. The number of hydrogen-bond donors (Lipinski definition) is 3. The Labute approximate surface area is 151 Å². The van der Waals surface area contributed by atoms with E-state index in [9.17, 15) is 19.2 Å². The molecule has 26 heavy (non-hydrogen) atoms.